The highest BCUT2D eigenvalue weighted by atomic mass is 32.2. The van der Waals surface area contributed by atoms with Crippen molar-refractivity contribution in [3.63, 3.8) is 0 Å². The number of hydrazone groups is 1. The molecule has 1 aliphatic rings. The minimum absolute atomic E-state index is 0.194. The fourth-order valence-electron chi connectivity index (χ4n) is 2.91. The van der Waals surface area contributed by atoms with E-state index in [0.29, 0.717) is 31.1 Å². The molecule has 0 saturated carbocycles. The maximum absolute atomic E-state index is 12.7. The summed E-state index contributed by atoms with van der Waals surface area (Å²) in [7, 11) is -3.49. The van der Waals surface area contributed by atoms with Crippen molar-refractivity contribution in [3.8, 4) is 0 Å². The van der Waals surface area contributed by atoms with Gasteiger partial charge in [-0.25, -0.2) is 13.8 Å². The summed E-state index contributed by atoms with van der Waals surface area (Å²) in [6.07, 6.45) is 1.64. The quantitative estimate of drug-likeness (QED) is 0.571. The average molecular weight is 421 g/mol. The molecule has 2 heterocycles. The van der Waals surface area contributed by atoms with Crippen LogP contribution < -0.4 is 5.43 Å². The molecule has 2 aromatic rings. The lowest BCUT2D eigenvalue weighted by Crippen LogP contribution is -2.50. The lowest BCUT2D eigenvalue weighted by molar-refractivity contribution is -0.122. The number of aryl methyl sites for hydroxylation is 2. The highest BCUT2D eigenvalue weighted by Crippen LogP contribution is 2.18. The summed E-state index contributed by atoms with van der Waals surface area (Å²) < 4.78 is 26.9. The molecule has 28 heavy (non-hydrogen) atoms. The van der Waals surface area contributed by atoms with Gasteiger partial charge in [0, 0.05) is 31.1 Å². The van der Waals surface area contributed by atoms with Gasteiger partial charge in [0.2, 0.25) is 10.0 Å². The fourth-order valence-corrected chi connectivity index (χ4v) is 5.11. The fraction of sp³-hybridized carbons (Fsp3) is 0.368. The molecule has 1 aliphatic heterocycles. The number of rotatable bonds is 6. The summed E-state index contributed by atoms with van der Waals surface area (Å²) in [4.78, 5) is 15.3. The average Bonchev–Trinajstić information content (AvgIpc) is 3.07. The summed E-state index contributed by atoms with van der Waals surface area (Å²) in [6, 6.07) is 8.87. The first kappa shape index (κ1) is 20.7. The smallest absolute Gasteiger partial charge is 0.254 e. The highest BCUT2D eigenvalue weighted by molar-refractivity contribution is 7.89. The summed E-state index contributed by atoms with van der Waals surface area (Å²) in [5.41, 5.74) is 4.67. The second-order valence-corrected chi connectivity index (χ2v) is 9.64. The molecule has 1 aromatic carbocycles. The van der Waals surface area contributed by atoms with Crippen LogP contribution in [0.25, 0.3) is 0 Å². The molecule has 1 fully saturated rings. The van der Waals surface area contributed by atoms with Gasteiger partial charge in [-0.05, 0) is 43.0 Å². The minimum Gasteiger partial charge on any atom is -0.292 e. The summed E-state index contributed by atoms with van der Waals surface area (Å²) >= 11 is 1.56. The second kappa shape index (κ2) is 8.95. The Kier molecular flexibility index (Phi) is 6.61. The molecule has 1 aromatic heterocycles. The van der Waals surface area contributed by atoms with E-state index in [9.17, 15) is 13.2 Å². The van der Waals surface area contributed by atoms with E-state index in [-0.39, 0.29) is 12.5 Å². The first-order valence-corrected chi connectivity index (χ1v) is 11.3. The maximum atomic E-state index is 12.7. The van der Waals surface area contributed by atoms with E-state index in [1.165, 1.54) is 4.31 Å². The van der Waals surface area contributed by atoms with E-state index in [0.717, 1.165) is 16.0 Å². The third-order valence-corrected chi connectivity index (χ3v) is 7.50. The standard InChI is InChI=1S/C19H24N4O3S2/c1-15-3-5-17(6-4-15)28(25,26)23-10-8-22(9-11-23)14-19(24)21-20-13-18-16(2)7-12-27-18/h3-7,12-13H,8-11,14H2,1-2H3,(H,21,24)/b20-13-. The number of amides is 1. The molecule has 0 unspecified atom stereocenters. The van der Waals surface area contributed by atoms with E-state index in [1.54, 1.807) is 41.8 Å². The van der Waals surface area contributed by atoms with Crippen LogP contribution >= 0.6 is 11.3 Å². The summed E-state index contributed by atoms with van der Waals surface area (Å²) in [6.45, 7) is 5.84. The number of piperazine rings is 1. The first-order valence-electron chi connectivity index (χ1n) is 9.01. The molecule has 7 nitrogen and oxygen atoms in total. The van der Waals surface area contributed by atoms with Crippen LogP contribution in [0.1, 0.15) is 16.0 Å². The van der Waals surface area contributed by atoms with Gasteiger partial charge < -0.3 is 0 Å². The van der Waals surface area contributed by atoms with Crippen LogP contribution in [0.2, 0.25) is 0 Å². The van der Waals surface area contributed by atoms with E-state index in [1.807, 2.05) is 30.2 Å². The zero-order valence-corrected chi connectivity index (χ0v) is 17.6. The topological polar surface area (TPSA) is 82.1 Å². The zero-order valence-electron chi connectivity index (χ0n) is 16.0. The molecular weight excluding hydrogens is 396 g/mol. The molecule has 1 amide bonds. The van der Waals surface area contributed by atoms with Crippen LogP contribution in [0.4, 0.5) is 0 Å². The Hall–Kier alpha value is -2.07. The zero-order chi connectivity index (χ0) is 20.1. The molecule has 0 aliphatic carbocycles. The van der Waals surface area contributed by atoms with Crippen molar-refractivity contribution >= 4 is 33.5 Å². The van der Waals surface area contributed by atoms with Crippen LogP contribution in [0, 0.1) is 13.8 Å². The molecule has 1 N–H and O–H groups in total. The Morgan fingerprint density at radius 2 is 1.82 bits per heavy atom. The molecule has 0 bridgehead atoms. The van der Waals surface area contributed by atoms with Gasteiger partial charge >= 0.3 is 0 Å². The van der Waals surface area contributed by atoms with Gasteiger partial charge in [-0.15, -0.1) is 11.3 Å². The third-order valence-electron chi connectivity index (χ3n) is 4.63. The number of benzene rings is 1. The maximum Gasteiger partial charge on any atom is 0.254 e. The van der Waals surface area contributed by atoms with Gasteiger partial charge in [0.15, 0.2) is 0 Å². The molecule has 0 atom stereocenters. The first-order chi connectivity index (χ1) is 13.4. The predicted octanol–water partition coefficient (Wildman–Crippen LogP) is 1.82. The van der Waals surface area contributed by atoms with Crippen LogP contribution in [0.15, 0.2) is 45.7 Å². The second-order valence-electron chi connectivity index (χ2n) is 6.75. The molecule has 1 saturated heterocycles. The number of carbonyl (C=O) groups excluding carboxylic acids is 1. The summed E-state index contributed by atoms with van der Waals surface area (Å²) in [5.74, 6) is -0.208. The summed E-state index contributed by atoms with van der Waals surface area (Å²) in [5, 5.41) is 5.97. The Bertz CT molecular complexity index is 944. The van der Waals surface area contributed by atoms with Gasteiger partial charge in [-0.2, -0.15) is 9.41 Å². The van der Waals surface area contributed by atoms with Crippen LogP contribution in [-0.4, -0.2) is 62.5 Å². The Morgan fingerprint density at radius 1 is 1.14 bits per heavy atom. The Labute approximate surface area is 169 Å². The number of hydrogen-bond donors (Lipinski definition) is 1. The predicted molar refractivity (Wildman–Crippen MR) is 111 cm³/mol. The minimum atomic E-state index is -3.49. The Balaban J connectivity index is 1.48. The number of hydrogen-bond acceptors (Lipinski definition) is 6. The van der Waals surface area contributed by atoms with Gasteiger partial charge in [0.25, 0.3) is 5.91 Å². The van der Waals surface area contributed by atoms with E-state index >= 15 is 0 Å². The highest BCUT2D eigenvalue weighted by Gasteiger charge is 2.28. The number of nitrogens with one attached hydrogen (secondary N) is 1. The van der Waals surface area contributed by atoms with E-state index in [4.69, 9.17) is 0 Å². The van der Waals surface area contributed by atoms with Crippen molar-refractivity contribution in [2.75, 3.05) is 32.7 Å². The third kappa shape index (κ3) is 5.05. The number of nitrogens with zero attached hydrogens (tertiary/aromatic N) is 3. The largest absolute Gasteiger partial charge is 0.292 e. The molecule has 3 rings (SSSR count). The van der Waals surface area contributed by atoms with Crippen LogP contribution in [0.5, 0.6) is 0 Å². The molecule has 9 heteroatoms. The van der Waals surface area contributed by atoms with Crippen molar-refractivity contribution < 1.29 is 13.2 Å². The van der Waals surface area contributed by atoms with Crippen molar-refractivity contribution in [1.82, 2.24) is 14.6 Å². The molecule has 0 radical (unpaired) electrons. The normalized spacial score (nSPS) is 16.5. The SMILES string of the molecule is Cc1ccc(S(=O)(=O)N2CCN(CC(=O)N/N=C\c3sccc3C)CC2)cc1. The van der Waals surface area contributed by atoms with E-state index in [2.05, 4.69) is 10.5 Å². The van der Waals surface area contributed by atoms with E-state index < -0.39 is 10.0 Å². The van der Waals surface area contributed by atoms with Crippen LogP contribution in [-0.2, 0) is 14.8 Å². The van der Waals surface area contributed by atoms with Gasteiger partial charge in [-0.3, -0.25) is 9.69 Å². The van der Waals surface area contributed by atoms with Crippen LogP contribution in [0.3, 0.4) is 0 Å². The van der Waals surface area contributed by atoms with Crippen molar-refractivity contribution in [2.24, 2.45) is 5.10 Å². The van der Waals surface area contributed by atoms with Crippen molar-refractivity contribution in [2.45, 2.75) is 18.7 Å². The van der Waals surface area contributed by atoms with Gasteiger partial charge in [-0.1, -0.05) is 17.7 Å². The van der Waals surface area contributed by atoms with Crippen molar-refractivity contribution in [3.05, 3.63) is 51.7 Å². The molecule has 0 spiro atoms. The number of thiophene rings is 1. The van der Waals surface area contributed by atoms with Gasteiger partial charge in [0.1, 0.15) is 0 Å². The lowest BCUT2D eigenvalue weighted by Gasteiger charge is -2.33. The Morgan fingerprint density at radius 3 is 2.43 bits per heavy atom. The monoisotopic (exact) mass is 420 g/mol. The molecule has 150 valence electrons. The van der Waals surface area contributed by atoms with Gasteiger partial charge in [0.05, 0.1) is 17.7 Å². The molecular formula is C19H24N4O3S2. The van der Waals surface area contributed by atoms with Crippen molar-refractivity contribution in [1.29, 1.82) is 0 Å². The lowest BCUT2D eigenvalue weighted by atomic mass is 10.2. The number of sulfonamides is 1. The number of carbonyl (C=O) groups is 1.